The van der Waals surface area contributed by atoms with E-state index in [1.165, 1.54) is 18.2 Å². The standard InChI is InChI=1S/C31H37N3O8S/c1-5-40-29(35)20-42-27-17-24(21(2)3)12-11-23(27)15-16-33-43(37,38)28-18-25(30(32)34-31(36)39-4)13-14-26(28)41-19-22-9-7-6-8-10-22/h6-14,17-18,21,33H,5,15-16,19-20H2,1-4H3,(H2,32,34,36). The largest absolute Gasteiger partial charge is 0.487 e. The molecule has 0 aliphatic carbocycles. The summed E-state index contributed by atoms with van der Waals surface area (Å²) in [6, 6.07) is 19.0. The van der Waals surface area contributed by atoms with E-state index in [2.05, 4.69) is 14.8 Å². The Hall–Kier alpha value is -4.42. The summed E-state index contributed by atoms with van der Waals surface area (Å²) in [4.78, 5) is 23.3. The van der Waals surface area contributed by atoms with Crippen LogP contribution in [0.3, 0.4) is 0 Å². The Morgan fingerprint density at radius 3 is 2.37 bits per heavy atom. The first-order valence-corrected chi connectivity index (χ1v) is 15.2. The zero-order valence-corrected chi connectivity index (χ0v) is 25.5. The van der Waals surface area contributed by atoms with Gasteiger partial charge in [-0.2, -0.15) is 0 Å². The van der Waals surface area contributed by atoms with Crippen LogP contribution in [0.5, 0.6) is 11.5 Å². The number of hydrogen-bond acceptors (Lipinski definition) is 9. The van der Waals surface area contributed by atoms with Crippen LogP contribution in [-0.4, -0.2) is 53.2 Å². The summed E-state index contributed by atoms with van der Waals surface area (Å²) in [5.41, 5.74) is 2.68. The monoisotopic (exact) mass is 611 g/mol. The van der Waals surface area contributed by atoms with Crippen LogP contribution in [0.15, 0.2) is 71.6 Å². The lowest BCUT2D eigenvalue weighted by atomic mass is 10.00. The van der Waals surface area contributed by atoms with E-state index in [9.17, 15) is 18.0 Å². The molecule has 0 heterocycles. The molecule has 3 aromatic carbocycles. The summed E-state index contributed by atoms with van der Waals surface area (Å²) in [6.45, 7) is 5.85. The van der Waals surface area contributed by atoms with Crippen LogP contribution in [0.4, 0.5) is 4.79 Å². The van der Waals surface area contributed by atoms with Crippen LogP contribution in [0.1, 0.15) is 48.9 Å². The fraction of sp³-hybridized carbons (Fsp3) is 0.323. The van der Waals surface area contributed by atoms with Gasteiger partial charge in [-0.3, -0.25) is 10.7 Å². The average Bonchev–Trinajstić information content (AvgIpc) is 2.99. The molecule has 0 atom stereocenters. The van der Waals surface area contributed by atoms with Gasteiger partial charge in [-0.25, -0.2) is 22.7 Å². The number of hydrogen-bond donors (Lipinski definition) is 3. The molecule has 0 spiro atoms. The number of methoxy groups -OCH3 is 1. The quantitative estimate of drug-likeness (QED) is 0.137. The van der Waals surface area contributed by atoms with Crippen molar-refractivity contribution in [3.63, 3.8) is 0 Å². The molecule has 0 bridgehead atoms. The second kappa shape index (κ2) is 15.7. The molecule has 0 saturated heterocycles. The van der Waals surface area contributed by atoms with Gasteiger partial charge in [0, 0.05) is 12.1 Å². The van der Waals surface area contributed by atoms with Gasteiger partial charge < -0.3 is 18.9 Å². The van der Waals surface area contributed by atoms with Crippen molar-refractivity contribution in [1.82, 2.24) is 10.0 Å². The van der Waals surface area contributed by atoms with Crippen molar-refractivity contribution in [1.29, 1.82) is 5.41 Å². The molecule has 3 N–H and O–H groups in total. The Morgan fingerprint density at radius 1 is 0.953 bits per heavy atom. The van der Waals surface area contributed by atoms with Crippen molar-refractivity contribution in [3.05, 3.63) is 89.0 Å². The van der Waals surface area contributed by atoms with Gasteiger partial charge in [0.2, 0.25) is 10.0 Å². The Bertz CT molecular complexity index is 1530. The summed E-state index contributed by atoms with van der Waals surface area (Å²) in [7, 11) is -2.99. The van der Waals surface area contributed by atoms with Crippen molar-refractivity contribution in [2.75, 3.05) is 26.9 Å². The number of amides is 1. The Kier molecular flexibility index (Phi) is 12.1. The number of carbonyl (C=O) groups excluding carboxylic acids is 2. The molecular weight excluding hydrogens is 574 g/mol. The maximum atomic E-state index is 13.6. The van der Waals surface area contributed by atoms with E-state index in [4.69, 9.17) is 19.6 Å². The maximum Gasteiger partial charge on any atom is 0.412 e. The number of ether oxygens (including phenoxy) is 4. The summed E-state index contributed by atoms with van der Waals surface area (Å²) in [6.07, 6.45) is -0.601. The van der Waals surface area contributed by atoms with Gasteiger partial charge in [-0.05, 0) is 60.2 Å². The zero-order chi connectivity index (χ0) is 31.4. The van der Waals surface area contributed by atoms with Crippen molar-refractivity contribution < 1.29 is 37.0 Å². The lowest BCUT2D eigenvalue weighted by Crippen LogP contribution is -2.31. The summed E-state index contributed by atoms with van der Waals surface area (Å²) in [5.74, 6) is -0.0855. The number of carbonyl (C=O) groups is 2. The normalized spacial score (nSPS) is 11.1. The molecule has 1 amide bonds. The van der Waals surface area contributed by atoms with E-state index in [0.29, 0.717) is 11.3 Å². The number of amidine groups is 1. The molecular formula is C31H37N3O8S. The van der Waals surface area contributed by atoms with Crippen LogP contribution in [-0.2, 0) is 37.3 Å². The van der Waals surface area contributed by atoms with Crippen molar-refractivity contribution >= 4 is 27.9 Å². The second-order valence-electron chi connectivity index (χ2n) is 9.69. The Labute approximate surface area is 252 Å². The third-order valence-electron chi connectivity index (χ3n) is 6.27. The van der Waals surface area contributed by atoms with Crippen molar-refractivity contribution in [2.45, 2.75) is 44.6 Å². The molecule has 43 heavy (non-hydrogen) atoms. The Morgan fingerprint density at radius 2 is 1.70 bits per heavy atom. The van der Waals surface area contributed by atoms with Crippen molar-refractivity contribution in [3.8, 4) is 11.5 Å². The molecule has 11 nitrogen and oxygen atoms in total. The number of sulfonamides is 1. The fourth-order valence-corrected chi connectivity index (χ4v) is 5.16. The first-order chi connectivity index (χ1) is 20.5. The van der Waals surface area contributed by atoms with Gasteiger partial charge in [0.15, 0.2) is 6.61 Å². The third-order valence-corrected chi connectivity index (χ3v) is 7.75. The summed E-state index contributed by atoms with van der Waals surface area (Å²) < 4.78 is 50.8. The van der Waals surface area contributed by atoms with Gasteiger partial charge in [0.1, 0.15) is 28.8 Å². The molecule has 0 aliphatic heterocycles. The maximum absolute atomic E-state index is 13.6. The summed E-state index contributed by atoms with van der Waals surface area (Å²) >= 11 is 0. The van der Waals surface area contributed by atoms with E-state index < -0.39 is 22.1 Å². The highest BCUT2D eigenvalue weighted by atomic mass is 32.2. The van der Waals surface area contributed by atoms with Gasteiger partial charge in [0.05, 0.1) is 13.7 Å². The van der Waals surface area contributed by atoms with Gasteiger partial charge in [0.25, 0.3) is 0 Å². The predicted molar refractivity (Wildman–Crippen MR) is 161 cm³/mol. The van der Waals surface area contributed by atoms with Crippen LogP contribution in [0, 0.1) is 5.41 Å². The first kappa shape index (κ1) is 33.1. The molecule has 12 heteroatoms. The molecule has 3 rings (SSSR count). The number of alkyl carbamates (subject to hydrolysis) is 1. The minimum absolute atomic E-state index is 0.000660. The molecule has 0 aromatic heterocycles. The van der Waals surface area contributed by atoms with E-state index in [1.54, 1.807) is 6.92 Å². The summed E-state index contributed by atoms with van der Waals surface area (Å²) in [5, 5.41) is 10.4. The van der Waals surface area contributed by atoms with Gasteiger partial charge in [-0.1, -0.05) is 56.3 Å². The highest BCUT2D eigenvalue weighted by Gasteiger charge is 2.22. The molecule has 230 valence electrons. The van der Waals surface area contributed by atoms with E-state index in [0.717, 1.165) is 18.2 Å². The van der Waals surface area contributed by atoms with Gasteiger partial charge >= 0.3 is 12.1 Å². The average molecular weight is 612 g/mol. The molecule has 0 fully saturated rings. The van der Waals surface area contributed by atoms with Crippen LogP contribution >= 0.6 is 0 Å². The van der Waals surface area contributed by atoms with E-state index >= 15 is 0 Å². The van der Waals surface area contributed by atoms with E-state index in [-0.39, 0.29) is 60.7 Å². The first-order valence-electron chi connectivity index (χ1n) is 13.7. The number of esters is 1. The zero-order valence-electron chi connectivity index (χ0n) is 24.6. The SMILES string of the molecule is CCOC(=O)COc1cc(C(C)C)ccc1CCNS(=O)(=O)c1cc(C(=N)NC(=O)OC)ccc1OCc1ccccc1. The topological polar surface area (TPSA) is 153 Å². The Balaban J connectivity index is 1.83. The minimum Gasteiger partial charge on any atom is -0.487 e. The minimum atomic E-state index is -4.15. The molecule has 0 unspecified atom stereocenters. The van der Waals surface area contributed by atoms with E-state index in [1.807, 2.05) is 62.4 Å². The van der Waals surface area contributed by atoms with Crippen LogP contribution in [0.25, 0.3) is 0 Å². The molecule has 0 saturated carbocycles. The smallest absolute Gasteiger partial charge is 0.412 e. The van der Waals surface area contributed by atoms with Gasteiger partial charge in [-0.15, -0.1) is 0 Å². The van der Waals surface area contributed by atoms with Crippen molar-refractivity contribution in [2.24, 2.45) is 0 Å². The number of rotatable bonds is 14. The lowest BCUT2D eigenvalue weighted by Gasteiger charge is -2.16. The lowest BCUT2D eigenvalue weighted by molar-refractivity contribution is -0.145. The molecule has 0 aliphatic rings. The fourth-order valence-electron chi connectivity index (χ4n) is 3.96. The number of benzene rings is 3. The third kappa shape index (κ3) is 9.83. The molecule has 0 radical (unpaired) electrons. The number of nitrogens with one attached hydrogen (secondary N) is 3. The molecule has 3 aromatic rings. The van der Waals surface area contributed by atoms with Crippen LogP contribution in [0.2, 0.25) is 0 Å². The second-order valence-corrected chi connectivity index (χ2v) is 11.4. The highest BCUT2D eigenvalue weighted by molar-refractivity contribution is 7.89. The predicted octanol–water partition coefficient (Wildman–Crippen LogP) is 4.53. The van der Waals surface area contributed by atoms with Crippen LogP contribution < -0.4 is 19.5 Å². The highest BCUT2D eigenvalue weighted by Crippen LogP contribution is 2.28.